The largest absolute Gasteiger partial charge is 0.428 e. The number of hydrogen-bond acceptors (Lipinski definition) is 4. The molecule has 1 aliphatic heterocycles. The quantitative estimate of drug-likeness (QED) is 0.254. The minimum atomic E-state index is -4.95. The highest BCUT2D eigenvalue weighted by Crippen LogP contribution is 2.49. The Hall–Kier alpha value is -1.50. The van der Waals surface area contributed by atoms with Gasteiger partial charge in [0.05, 0.1) is 42.5 Å². The zero-order chi connectivity index (χ0) is 27.1. The molecule has 3 rings (SSSR count). The maximum atomic E-state index is 14.2. The number of anilines is 1. The van der Waals surface area contributed by atoms with E-state index in [1.54, 1.807) is 0 Å². The van der Waals surface area contributed by atoms with Crippen molar-refractivity contribution in [1.29, 1.82) is 0 Å². The number of amides is 1. The van der Waals surface area contributed by atoms with Crippen LogP contribution in [0.5, 0.6) is 0 Å². The first kappa shape index (κ1) is 29.1. The van der Waals surface area contributed by atoms with Crippen molar-refractivity contribution in [2.24, 2.45) is 0 Å². The summed E-state index contributed by atoms with van der Waals surface area (Å²) in [6.45, 7) is 1.30. The number of halogens is 10. The van der Waals surface area contributed by atoms with Crippen LogP contribution in [0.25, 0.3) is 5.70 Å². The van der Waals surface area contributed by atoms with Crippen LogP contribution in [-0.4, -0.2) is 29.3 Å². The number of carbonyl (C=O) groups is 1. The molecule has 0 aromatic heterocycles. The molecular formula is C21H14Cl4F6N2O2S. The van der Waals surface area contributed by atoms with E-state index in [2.05, 4.69) is 10.8 Å². The zero-order valence-corrected chi connectivity index (χ0v) is 21.6. The highest BCUT2D eigenvalue weighted by molar-refractivity contribution is 8.00. The maximum absolute atomic E-state index is 14.2. The first-order chi connectivity index (χ1) is 16.5. The number of carbonyl (C=O) groups excluding carboxylic acids is 1. The van der Waals surface area contributed by atoms with Crippen molar-refractivity contribution in [2.75, 3.05) is 11.1 Å². The van der Waals surface area contributed by atoms with Crippen LogP contribution in [0.2, 0.25) is 20.1 Å². The number of nitrogens with one attached hydrogen (secondary N) is 2. The Balaban J connectivity index is 1.87. The molecule has 0 saturated heterocycles. The van der Waals surface area contributed by atoms with Crippen LogP contribution in [0.3, 0.4) is 0 Å². The lowest BCUT2D eigenvalue weighted by molar-refractivity contribution is -0.269. The zero-order valence-electron chi connectivity index (χ0n) is 17.8. The Morgan fingerprint density at radius 1 is 1.06 bits per heavy atom. The molecule has 2 aromatic carbocycles. The van der Waals surface area contributed by atoms with Gasteiger partial charge in [-0.05, 0) is 37.3 Å². The molecule has 0 aliphatic carbocycles. The summed E-state index contributed by atoms with van der Waals surface area (Å²) in [5.74, 6) is -1.94. The molecule has 1 aliphatic rings. The van der Waals surface area contributed by atoms with Crippen molar-refractivity contribution in [2.45, 2.75) is 30.1 Å². The van der Waals surface area contributed by atoms with Gasteiger partial charge in [0.2, 0.25) is 11.5 Å². The predicted molar refractivity (Wildman–Crippen MR) is 129 cm³/mol. The SMILES string of the molecule is CC(SCC(F)(F)F)C(=O)Nc1ccc(C2=CC(c3cc(Cl)c(Cl)c(Cl)c3)(C(F)(F)F)ON2)cc1Cl. The molecule has 4 nitrogen and oxygen atoms in total. The fourth-order valence-corrected chi connectivity index (χ4v) is 4.54. The summed E-state index contributed by atoms with van der Waals surface area (Å²) < 4.78 is 79.7. The van der Waals surface area contributed by atoms with E-state index in [0.717, 1.165) is 18.2 Å². The van der Waals surface area contributed by atoms with Gasteiger partial charge in [-0.25, -0.2) is 0 Å². The molecule has 0 spiro atoms. The van der Waals surface area contributed by atoms with Gasteiger partial charge in [-0.2, -0.15) is 26.3 Å². The van der Waals surface area contributed by atoms with E-state index >= 15 is 0 Å². The van der Waals surface area contributed by atoms with Gasteiger partial charge < -0.3 is 5.32 Å². The van der Waals surface area contributed by atoms with E-state index in [0.29, 0.717) is 11.8 Å². The van der Waals surface area contributed by atoms with Crippen molar-refractivity contribution >= 4 is 75.5 Å². The summed E-state index contributed by atoms with van der Waals surface area (Å²) in [5, 5.41) is 0.745. The number of thioether (sulfide) groups is 1. The van der Waals surface area contributed by atoms with Crippen LogP contribution >= 0.6 is 58.2 Å². The molecule has 2 unspecified atom stereocenters. The highest BCUT2D eigenvalue weighted by atomic mass is 35.5. The van der Waals surface area contributed by atoms with Gasteiger partial charge in [-0.15, -0.1) is 11.8 Å². The van der Waals surface area contributed by atoms with E-state index < -0.39 is 40.4 Å². The normalized spacial score (nSPS) is 19.0. The third-order valence-electron chi connectivity index (χ3n) is 4.91. The third-order valence-corrected chi connectivity index (χ3v) is 7.63. The van der Waals surface area contributed by atoms with Gasteiger partial charge in [0, 0.05) is 11.1 Å². The Morgan fingerprint density at radius 3 is 2.19 bits per heavy atom. The average Bonchev–Trinajstić information content (AvgIpc) is 3.23. The monoisotopic (exact) mass is 612 g/mol. The maximum Gasteiger partial charge on any atom is 0.428 e. The van der Waals surface area contributed by atoms with E-state index in [1.165, 1.54) is 25.1 Å². The molecule has 0 fully saturated rings. The van der Waals surface area contributed by atoms with Crippen LogP contribution in [0.15, 0.2) is 36.4 Å². The van der Waals surface area contributed by atoms with Gasteiger partial charge in [-0.3, -0.25) is 15.1 Å². The standard InChI is InChI=1S/C21H14Cl4F6N2O2S/c1-9(36-8-20(26,27)28)18(34)32-15-3-2-10(4-12(15)22)16-7-19(35-33-16,21(29,30)31)11-5-13(23)17(25)14(24)6-11/h2-7,9,33H,8H2,1H3,(H,32,34). The summed E-state index contributed by atoms with van der Waals surface area (Å²) in [5.41, 5.74) is -1.06. The summed E-state index contributed by atoms with van der Waals surface area (Å²) in [6.07, 6.45) is -8.62. The second-order valence-corrected chi connectivity index (χ2v) is 10.4. The molecule has 0 bridgehead atoms. The molecule has 2 atom stereocenters. The van der Waals surface area contributed by atoms with E-state index in [-0.39, 0.29) is 37.0 Å². The average molecular weight is 614 g/mol. The topological polar surface area (TPSA) is 50.4 Å². The molecule has 2 N–H and O–H groups in total. The summed E-state index contributed by atoms with van der Waals surface area (Å²) >= 11 is 24.3. The van der Waals surface area contributed by atoms with Gasteiger partial charge in [0.1, 0.15) is 0 Å². The number of hydroxylamine groups is 1. The molecule has 15 heteroatoms. The van der Waals surface area contributed by atoms with Crippen molar-refractivity contribution in [3.8, 4) is 0 Å². The molecule has 2 aromatic rings. The second kappa shape index (κ2) is 10.7. The highest BCUT2D eigenvalue weighted by Gasteiger charge is 2.59. The number of benzene rings is 2. The minimum absolute atomic E-state index is 0.0581. The Labute approximate surface area is 225 Å². The Bertz CT molecular complexity index is 1180. The van der Waals surface area contributed by atoms with Crippen LogP contribution in [-0.2, 0) is 15.2 Å². The van der Waals surface area contributed by atoms with E-state index in [9.17, 15) is 31.1 Å². The predicted octanol–water partition coefficient (Wildman–Crippen LogP) is 8.26. The van der Waals surface area contributed by atoms with Gasteiger partial charge in [0.15, 0.2) is 0 Å². The lowest BCUT2D eigenvalue weighted by Crippen LogP contribution is -2.42. The lowest BCUT2D eigenvalue weighted by atomic mass is 9.91. The fraction of sp³-hybridized carbons (Fsp3) is 0.286. The van der Waals surface area contributed by atoms with Crippen LogP contribution in [0.4, 0.5) is 32.0 Å². The first-order valence-electron chi connectivity index (χ1n) is 9.72. The van der Waals surface area contributed by atoms with Crippen LogP contribution in [0, 0.1) is 0 Å². The molecule has 1 amide bonds. The fourth-order valence-electron chi connectivity index (χ4n) is 3.07. The van der Waals surface area contributed by atoms with Crippen LogP contribution in [0.1, 0.15) is 18.1 Å². The molecule has 36 heavy (non-hydrogen) atoms. The van der Waals surface area contributed by atoms with E-state index in [1.807, 2.05) is 0 Å². The molecule has 1 heterocycles. The van der Waals surface area contributed by atoms with Crippen molar-refractivity contribution in [3.05, 3.63) is 67.6 Å². The number of rotatable bonds is 6. The Kier molecular flexibility index (Phi) is 8.64. The number of alkyl halides is 6. The summed E-state index contributed by atoms with van der Waals surface area (Å²) in [6, 6.07) is 5.84. The van der Waals surface area contributed by atoms with Gasteiger partial charge in [-0.1, -0.05) is 52.5 Å². The molecule has 0 radical (unpaired) electrons. The lowest BCUT2D eigenvalue weighted by Gasteiger charge is -2.29. The van der Waals surface area contributed by atoms with Crippen LogP contribution < -0.4 is 10.8 Å². The molecular weight excluding hydrogens is 600 g/mol. The minimum Gasteiger partial charge on any atom is -0.324 e. The Morgan fingerprint density at radius 2 is 1.67 bits per heavy atom. The van der Waals surface area contributed by atoms with Crippen molar-refractivity contribution in [1.82, 2.24) is 5.48 Å². The van der Waals surface area contributed by atoms with Crippen molar-refractivity contribution in [3.63, 3.8) is 0 Å². The van der Waals surface area contributed by atoms with Gasteiger partial charge in [0.25, 0.3) is 0 Å². The van der Waals surface area contributed by atoms with E-state index in [4.69, 9.17) is 51.2 Å². The molecule has 196 valence electrons. The molecule has 0 saturated carbocycles. The second-order valence-electron chi connectivity index (χ2n) is 7.50. The summed E-state index contributed by atoms with van der Waals surface area (Å²) in [7, 11) is 0. The summed E-state index contributed by atoms with van der Waals surface area (Å²) in [4.78, 5) is 17.2. The third kappa shape index (κ3) is 6.31. The smallest absolute Gasteiger partial charge is 0.324 e. The first-order valence-corrected chi connectivity index (χ1v) is 12.3. The van der Waals surface area contributed by atoms with Gasteiger partial charge >= 0.3 is 12.4 Å². The number of hydrogen-bond donors (Lipinski definition) is 2. The van der Waals surface area contributed by atoms with Crippen molar-refractivity contribution < 1.29 is 36.0 Å².